The highest BCUT2D eigenvalue weighted by Crippen LogP contribution is 1.96. The van der Waals surface area contributed by atoms with Gasteiger partial charge in [-0.15, -0.1) is 0 Å². The van der Waals surface area contributed by atoms with Gasteiger partial charge in [-0.05, 0) is 19.0 Å². The second-order valence-electron chi connectivity index (χ2n) is 3.71. The summed E-state index contributed by atoms with van der Waals surface area (Å²) in [5.74, 6) is 0. The molecule has 1 aliphatic heterocycles. The summed E-state index contributed by atoms with van der Waals surface area (Å²) in [5.41, 5.74) is 0. The first-order valence-electron chi connectivity index (χ1n) is 5.36. The molecule has 2 rings (SSSR count). The minimum Gasteiger partial charge on any atom is -0.314 e. The van der Waals surface area contributed by atoms with Crippen LogP contribution in [0.5, 0.6) is 0 Å². The van der Waals surface area contributed by atoms with Crippen molar-refractivity contribution in [2.45, 2.75) is 13.0 Å². The van der Waals surface area contributed by atoms with Gasteiger partial charge in [-0.3, -0.25) is 4.68 Å². The number of aromatic nitrogens is 2. The molecule has 0 spiro atoms. The molecule has 0 aromatic carbocycles. The second-order valence-corrected chi connectivity index (χ2v) is 3.71. The Morgan fingerprint density at radius 2 is 2.07 bits per heavy atom. The predicted octanol–water partition coefficient (Wildman–Crippen LogP) is 0.178. The van der Waals surface area contributed by atoms with Crippen LogP contribution in [0, 0.1) is 0 Å². The van der Waals surface area contributed by atoms with E-state index in [4.69, 9.17) is 0 Å². The lowest BCUT2D eigenvalue weighted by Crippen LogP contribution is -2.43. The van der Waals surface area contributed by atoms with E-state index in [0.29, 0.717) is 0 Å². The molecule has 1 aromatic rings. The van der Waals surface area contributed by atoms with E-state index in [0.717, 1.165) is 19.6 Å². The third-order valence-corrected chi connectivity index (χ3v) is 2.63. The van der Waals surface area contributed by atoms with Crippen molar-refractivity contribution in [3.8, 4) is 0 Å². The van der Waals surface area contributed by atoms with Gasteiger partial charge in [0.15, 0.2) is 0 Å². The molecule has 0 aliphatic carbocycles. The van der Waals surface area contributed by atoms with Gasteiger partial charge in [0, 0.05) is 45.1 Å². The molecular formula is C10H18N4. The number of nitrogens with zero attached hydrogens (tertiary/aromatic N) is 3. The zero-order valence-electron chi connectivity index (χ0n) is 8.52. The Bertz CT molecular complexity index is 239. The molecule has 0 bridgehead atoms. The topological polar surface area (TPSA) is 33.1 Å². The third-order valence-electron chi connectivity index (χ3n) is 2.63. The summed E-state index contributed by atoms with van der Waals surface area (Å²) in [6.45, 7) is 6.90. The lowest BCUT2D eigenvalue weighted by atomic mass is 10.3. The molecule has 1 aliphatic rings. The van der Waals surface area contributed by atoms with Gasteiger partial charge in [0.1, 0.15) is 0 Å². The zero-order valence-corrected chi connectivity index (χ0v) is 8.52. The predicted molar refractivity (Wildman–Crippen MR) is 56.2 cm³/mol. The van der Waals surface area contributed by atoms with Crippen LogP contribution in [0.15, 0.2) is 18.5 Å². The number of nitrogens with one attached hydrogen (secondary N) is 1. The van der Waals surface area contributed by atoms with Gasteiger partial charge in [-0.1, -0.05) is 0 Å². The quantitative estimate of drug-likeness (QED) is 0.742. The first-order chi connectivity index (χ1) is 6.95. The van der Waals surface area contributed by atoms with Crippen molar-refractivity contribution < 1.29 is 0 Å². The minimum atomic E-state index is 1.04. The van der Waals surface area contributed by atoms with Gasteiger partial charge >= 0.3 is 0 Å². The van der Waals surface area contributed by atoms with Gasteiger partial charge in [0.05, 0.1) is 0 Å². The summed E-state index contributed by atoms with van der Waals surface area (Å²) in [6.07, 6.45) is 5.06. The van der Waals surface area contributed by atoms with E-state index in [1.54, 1.807) is 0 Å². The molecule has 4 nitrogen and oxygen atoms in total. The second kappa shape index (κ2) is 5.12. The standard InChI is InChI=1S/C10H18N4/c1-3-12-14(7-1)8-2-6-13-9-4-11-5-10-13/h1,3,7,11H,2,4-6,8-10H2. The fourth-order valence-corrected chi connectivity index (χ4v) is 1.82. The van der Waals surface area contributed by atoms with Gasteiger partial charge in [0.25, 0.3) is 0 Å². The first-order valence-corrected chi connectivity index (χ1v) is 5.36. The molecule has 1 saturated heterocycles. The molecule has 1 fully saturated rings. The van der Waals surface area contributed by atoms with Crippen molar-refractivity contribution in [3.05, 3.63) is 18.5 Å². The van der Waals surface area contributed by atoms with Crippen LogP contribution in [0.3, 0.4) is 0 Å². The number of piperazine rings is 1. The maximum Gasteiger partial charge on any atom is 0.0489 e. The number of hydrogen-bond acceptors (Lipinski definition) is 3. The molecule has 14 heavy (non-hydrogen) atoms. The average molecular weight is 194 g/mol. The molecule has 4 heteroatoms. The zero-order chi connectivity index (χ0) is 9.64. The van der Waals surface area contributed by atoms with Crippen LogP contribution >= 0.6 is 0 Å². The third kappa shape index (κ3) is 2.82. The van der Waals surface area contributed by atoms with E-state index in [2.05, 4.69) is 15.3 Å². The van der Waals surface area contributed by atoms with Crippen LogP contribution in [0.25, 0.3) is 0 Å². The average Bonchev–Trinajstić information content (AvgIpc) is 2.72. The molecular weight excluding hydrogens is 176 g/mol. The van der Waals surface area contributed by atoms with Gasteiger partial charge in [0.2, 0.25) is 0 Å². The Morgan fingerprint density at radius 3 is 2.79 bits per heavy atom. The van der Waals surface area contributed by atoms with Crippen molar-refractivity contribution in [2.24, 2.45) is 0 Å². The SMILES string of the molecule is c1cnn(CCCN2CCNCC2)c1. The Labute approximate surface area is 84.9 Å². The Balaban J connectivity index is 1.62. The number of aryl methyl sites for hydroxylation is 1. The molecule has 0 radical (unpaired) electrons. The normalized spacial score (nSPS) is 18.6. The van der Waals surface area contributed by atoms with Crippen LogP contribution in [0.2, 0.25) is 0 Å². The smallest absolute Gasteiger partial charge is 0.0489 e. The van der Waals surface area contributed by atoms with Gasteiger partial charge in [-0.25, -0.2) is 0 Å². The van der Waals surface area contributed by atoms with E-state index in [-0.39, 0.29) is 0 Å². The molecule has 1 N–H and O–H groups in total. The van der Waals surface area contributed by atoms with Gasteiger partial charge in [-0.2, -0.15) is 5.10 Å². The highest BCUT2D eigenvalue weighted by molar-refractivity contribution is 4.77. The molecule has 0 atom stereocenters. The summed E-state index contributed by atoms with van der Waals surface area (Å²) in [6, 6.07) is 1.98. The van der Waals surface area contributed by atoms with Crippen molar-refractivity contribution in [3.63, 3.8) is 0 Å². The van der Waals surface area contributed by atoms with Crippen LogP contribution < -0.4 is 5.32 Å². The molecule has 0 amide bonds. The summed E-state index contributed by atoms with van der Waals surface area (Å²) < 4.78 is 2.00. The van der Waals surface area contributed by atoms with Crippen LogP contribution in [0.4, 0.5) is 0 Å². The molecule has 78 valence electrons. The van der Waals surface area contributed by atoms with Crippen molar-refractivity contribution in [1.82, 2.24) is 20.0 Å². The lowest BCUT2D eigenvalue weighted by Gasteiger charge is -2.26. The maximum absolute atomic E-state index is 4.18. The Kier molecular flexibility index (Phi) is 3.54. The summed E-state index contributed by atoms with van der Waals surface area (Å²) in [7, 11) is 0. The highest BCUT2D eigenvalue weighted by Gasteiger charge is 2.08. The lowest BCUT2D eigenvalue weighted by molar-refractivity contribution is 0.233. The monoisotopic (exact) mass is 194 g/mol. The highest BCUT2D eigenvalue weighted by atomic mass is 15.3. The number of hydrogen-bond donors (Lipinski definition) is 1. The van der Waals surface area contributed by atoms with Crippen molar-refractivity contribution >= 4 is 0 Å². The largest absolute Gasteiger partial charge is 0.314 e. The fraction of sp³-hybridized carbons (Fsp3) is 0.700. The van der Waals surface area contributed by atoms with E-state index < -0.39 is 0 Å². The molecule has 0 saturated carbocycles. The van der Waals surface area contributed by atoms with E-state index >= 15 is 0 Å². The van der Waals surface area contributed by atoms with Crippen molar-refractivity contribution in [1.29, 1.82) is 0 Å². The summed E-state index contributed by atoms with van der Waals surface area (Å²) in [4.78, 5) is 2.51. The van der Waals surface area contributed by atoms with Gasteiger partial charge < -0.3 is 10.2 Å². The van der Waals surface area contributed by atoms with E-state index in [1.165, 1.54) is 26.1 Å². The van der Waals surface area contributed by atoms with Crippen LogP contribution in [-0.2, 0) is 6.54 Å². The molecule has 2 heterocycles. The first kappa shape index (κ1) is 9.68. The Hall–Kier alpha value is -0.870. The van der Waals surface area contributed by atoms with E-state index in [9.17, 15) is 0 Å². The van der Waals surface area contributed by atoms with Crippen LogP contribution in [-0.4, -0.2) is 47.4 Å². The van der Waals surface area contributed by atoms with E-state index in [1.807, 2.05) is 23.1 Å². The fourth-order valence-electron chi connectivity index (χ4n) is 1.82. The maximum atomic E-state index is 4.18. The molecule has 1 aromatic heterocycles. The van der Waals surface area contributed by atoms with Crippen LogP contribution in [0.1, 0.15) is 6.42 Å². The minimum absolute atomic E-state index is 1.04. The summed E-state index contributed by atoms with van der Waals surface area (Å²) >= 11 is 0. The number of rotatable bonds is 4. The summed E-state index contributed by atoms with van der Waals surface area (Å²) in [5, 5.41) is 7.54. The van der Waals surface area contributed by atoms with Crippen molar-refractivity contribution in [2.75, 3.05) is 32.7 Å². The molecule has 0 unspecified atom stereocenters. The Morgan fingerprint density at radius 1 is 1.21 bits per heavy atom.